The van der Waals surface area contributed by atoms with E-state index in [1.165, 1.54) is 41.1 Å². The zero-order chi connectivity index (χ0) is 24.4. The molecular formula is C22H16ClFN6O3S2. The molecule has 35 heavy (non-hydrogen) atoms. The van der Waals surface area contributed by atoms with Gasteiger partial charge in [-0.05, 0) is 24.3 Å². The maximum absolute atomic E-state index is 14.5. The molecule has 0 atom stereocenters. The molecule has 0 amide bonds. The number of halogens is 2. The monoisotopic (exact) mass is 530 g/mol. The minimum Gasteiger partial charge on any atom is -0.451 e. The van der Waals surface area contributed by atoms with Gasteiger partial charge in [0.1, 0.15) is 17.8 Å². The first kappa shape index (κ1) is 23.1. The van der Waals surface area contributed by atoms with Gasteiger partial charge in [-0.25, -0.2) is 9.97 Å². The Kier molecular flexibility index (Phi) is 6.57. The van der Waals surface area contributed by atoms with Gasteiger partial charge in [0, 0.05) is 29.3 Å². The number of aryl methyl sites for hydroxylation is 1. The van der Waals surface area contributed by atoms with Crippen molar-refractivity contribution < 1.29 is 13.6 Å². The molecule has 0 saturated carbocycles. The van der Waals surface area contributed by atoms with Crippen LogP contribution in [0.25, 0.3) is 11.3 Å². The molecule has 5 rings (SSSR count). The molecule has 0 aliphatic rings. The van der Waals surface area contributed by atoms with Gasteiger partial charge < -0.3 is 9.73 Å². The standard InChI is InChI=1S/C22H16ClFN6O3S2/c23-18-3-1-14(35-18)8-25-20-7-16(28-30(20)22(32)17-9-33-11-26-17)15-2-4-19(24)29(21(15)31)6-5-13-10-34-12-27-13/h1-4,7,9-12,25H,5-6,8H2. The topological polar surface area (TPSA) is 108 Å². The minimum absolute atomic E-state index is 0.0432. The van der Waals surface area contributed by atoms with Crippen molar-refractivity contribution in [3.63, 3.8) is 0 Å². The van der Waals surface area contributed by atoms with Crippen LogP contribution in [0.3, 0.4) is 0 Å². The van der Waals surface area contributed by atoms with E-state index >= 15 is 0 Å². The third-order valence-electron chi connectivity index (χ3n) is 5.10. The first-order valence-electron chi connectivity index (χ1n) is 10.3. The molecule has 0 aromatic carbocycles. The summed E-state index contributed by atoms with van der Waals surface area (Å²) < 4.78 is 22.2. The third-order valence-corrected chi connectivity index (χ3v) is 6.96. The van der Waals surface area contributed by atoms with Crippen molar-refractivity contribution in [1.29, 1.82) is 0 Å². The second-order valence-corrected chi connectivity index (χ2v) is 9.84. The van der Waals surface area contributed by atoms with Crippen LogP contribution in [0, 0.1) is 5.95 Å². The van der Waals surface area contributed by atoms with E-state index < -0.39 is 17.4 Å². The van der Waals surface area contributed by atoms with Crippen molar-refractivity contribution in [1.82, 2.24) is 24.3 Å². The Labute approximate surface area is 210 Å². The predicted octanol–water partition coefficient (Wildman–Crippen LogP) is 4.55. The summed E-state index contributed by atoms with van der Waals surface area (Å²) in [6.07, 6.45) is 2.74. The van der Waals surface area contributed by atoms with Crippen LogP contribution in [0.1, 0.15) is 21.1 Å². The van der Waals surface area contributed by atoms with E-state index in [-0.39, 0.29) is 23.5 Å². The molecule has 5 aromatic rings. The molecule has 1 N–H and O–H groups in total. The molecule has 0 bridgehead atoms. The van der Waals surface area contributed by atoms with Crippen molar-refractivity contribution in [3.8, 4) is 11.3 Å². The summed E-state index contributed by atoms with van der Waals surface area (Å²) in [7, 11) is 0. The number of rotatable bonds is 8. The van der Waals surface area contributed by atoms with Crippen LogP contribution in [0.15, 0.2) is 63.1 Å². The number of hydrogen-bond acceptors (Lipinski definition) is 9. The highest BCUT2D eigenvalue weighted by atomic mass is 35.5. The number of anilines is 1. The number of thiazole rings is 1. The van der Waals surface area contributed by atoms with Gasteiger partial charge in [0.15, 0.2) is 18.0 Å². The Bertz CT molecular complexity index is 1530. The molecule has 0 aliphatic carbocycles. The van der Waals surface area contributed by atoms with Crippen LogP contribution >= 0.6 is 34.3 Å². The Balaban J connectivity index is 1.49. The fraction of sp³-hybridized carbons (Fsp3) is 0.136. The molecule has 5 heterocycles. The van der Waals surface area contributed by atoms with Crippen LogP contribution in [0.2, 0.25) is 4.34 Å². The average Bonchev–Trinajstić information content (AvgIpc) is 3.65. The van der Waals surface area contributed by atoms with Gasteiger partial charge in [0.2, 0.25) is 0 Å². The molecule has 5 aromatic heterocycles. The maximum Gasteiger partial charge on any atom is 0.301 e. The highest BCUT2D eigenvalue weighted by Crippen LogP contribution is 2.25. The number of carbonyl (C=O) groups excluding carboxylic acids is 1. The van der Waals surface area contributed by atoms with Crippen molar-refractivity contribution in [2.45, 2.75) is 19.5 Å². The van der Waals surface area contributed by atoms with Crippen LogP contribution in [-0.2, 0) is 19.5 Å². The lowest BCUT2D eigenvalue weighted by atomic mass is 10.2. The summed E-state index contributed by atoms with van der Waals surface area (Å²) in [4.78, 5) is 35.2. The van der Waals surface area contributed by atoms with Crippen molar-refractivity contribution in [2.24, 2.45) is 0 Å². The van der Waals surface area contributed by atoms with Crippen molar-refractivity contribution in [3.05, 3.63) is 90.8 Å². The Morgan fingerprint density at radius 1 is 1.23 bits per heavy atom. The third kappa shape index (κ3) is 4.94. The van der Waals surface area contributed by atoms with Gasteiger partial charge >= 0.3 is 5.91 Å². The number of nitrogens with zero attached hydrogens (tertiary/aromatic N) is 5. The van der Waals surface area contributed by atoms with E-state index in [0.717, 1.165) is 26.2 Å². The van der Waals surface area contributed by atoms with Gasteiger partial charge in [-0.1, -0.05) is 11.6 Å². The number of aromatic nitrogens is 5. The number of carbonyl (C=O) groups is 1. The Morgan fingerprint density at radius 2 is 2.11 bits per heavy atom. The summed E-state index contributed by atoms with van der Waals surface area (Å²) in [5.74, 6) is -0.891. The zero-order valence-corrected chi connectivity index (χ0v) is 20.2. The van der Waals surface area contributed by atoms with Crippen LogP contribution < -0.4 is 10.9 Å². The predicted molar refractivity (Wildman–Crippen MR) is 131 cm³/mol. The van der Waals surface area contributed by atoms with E-state index in [1.54, 1.807) is 17.6 Å². The molecule has 0 saturated heterocycles. The molecule has 0 fully saturated rings. The highest BCUT2D eigenvalue weighted by Gasteiger charge is 2.21. The van der Waals surface area contributed by atoms with E-state index in [1.807, 2.05) is 11.4 Å². The number of pyridine rings is 1. The second kappa shape index (κ2) is 9.94. The maximum atomic E-state index is 14.5. The van der Waals surface area contributed by atoms with E-state index in [0.29, 0.717) is 23.1 Å². The number of nitrogens with one attached hydrogen (secondary N) is 1. The quantitative estimate of drug-likeness (QED) is 0.293. The number of oxazole rings is 1. The Hall–Kier alpha value is -3.61. The van der Waals surface area contributed by atoms with Crippen LogP contribution in [-0.4, -0.2) is 30.2 Å². The van der Waals surface area contributed by atoms with Gasteiger partial charge in [0.25, 0.3) is 5.56 Å². The average molecular weight is 531 g/mol. The first-order valence-corrected chi connectivity index (χ1v) is 12.4. The zero-order valence-electron chi connectivity index (χ0n) is 17.9. The fourth-order valence-electron chi connectivity index (χ4n) is 3.39. The second-order valence-electron chi connectivity index (χ2n) is 7.32. The largest absolute Gasteiger partial charge is 0.451 e. The molecule has 178 valence electrons. The first-order chi connectivity index (χ1) is 17.0. The normalized spacial score (nSPS) is 11.1. The number of thiophene rings is 1. The van der Waals surface area contributed by atoms with Crippen molar-refractivity contribution in [2.75, 3.05) is 5.32 Å². The van der Waals surface area contributed by atoms with E-state index in [2.05, 4.69) is 20.4 Å². The minimum atomic E-state index is -0.667. The van der Waals surface area contributed by atoms with Gasteiger partial charge in [-0.2, -0.15) is 14.2 Å². The molecular weight excluding hydrogens is 515 g/mol. The summed E-state index contributed by atoms with van der Waals surface area (Å²) >= 11 is 8.83. The van der Waals surface area contributed by atoms with E-state index in [4.69, 9.17) is 16.0 Å². The summed E-state index contributed by atoms with van der Waals surface area (Å²) in [6, 6.07) is 7.76. The van der Waals surface area contributed by atoms with E-state index in [9.17, 15) is 14.0 Å². The summed E-state index contributed by atoms with van der Waals surface area (Å²) in [6.45, 7) is 0.487. The molecule has 9 nitrogen and oxygen atoms in total. The molecule has 0 unspecified atom stereocenters. The molecule has 13 heteroatoms. The molecule has 0 spiro atoms. The lowest BCUT2D eigenvalue weighted by molar-refractivity contribution is 0.0943. The Morgan fingerprint density at radius 3 is 2.83 bits per heavy atom. The SMILES string of the molecule is O=C(c1cocn1)n1nc(-c2ccc(F)n(CCc3cscn3)c2=O)cc1NCc1ccc(Cl)s1. The number of hydrogen-bond donors (Lipinski definition) is 1. The smallest absolute Gasteiger partial charge is 0.301 e. The van der Waals surface area contributed by atoms with Crippen molar-refractivity contribution >= 4 is 46.0 Å². The summed E-state index contributed by atoms with van der Waals surface area (Å²) in [5.41, 5.74) is 2.30. The lowest BCUT2D eigenvalue weighted by Gasteiger charge is -2.08. The summed E-state index contributed by atoms with van der Waals surface area (Å²) in [5, 5.41) is 9.35. The van der Waals surface area contributed by atoms with Gasteiger partial charge in [-0.15, -0.1) is 22.7 Å². The van der Waals surface area contributed by atoms with Crippen LogP contribution in [0.5, 0.6) is 0 Å². The molecule has 0 aliphatic heterocycles. The molecule has 0 radical (unpaired) electrons. The van der Waals surface area contributed by atoms with Gasteiger partial charge in [-0.3, -0.25) is 14.2 Å². The highest BCUT2D eigenvalue weighted by molar-refractivity contribution is 7.16. The van der Waals surface area contributed by atoms with Crippen LogP contribution in [0.4, 0.5) is 10.2 Å². The lowest BCUT2D eigenvalue weighted by Crippen LogP contribution is -2.25. The van der Waals surface area contributed by atoms with Gasteiger partial charge in [0.05, 0.1) is 27.6 Å². The fourth-order valence-corrected chi connectivity index (χ4v) is 5.01.